The highest BCUT2D eigenvalue weighted by Gasteiger charge is 2.38. The smallest absolute Gasteiger partial charge is 0.337 e. The zero-order valence-corrected chi connectivity index (χ0v) is 16.2. The van der Waals surface area contributed by atoms with Gasteiger partial charge in [0.1, 0.15) is 16.5 Å². The van der Waals surface area contributed by atoms with Crippen molar-refractivity contribution in [3.05, 3.63) is 42.0 Å². The van der Waals surface area contributed by atoms with Gasteiger partial charge in [-0.25, -0.2) is 18.2 Å². The number of sulfonamides is 1. The Bertz CT molecular complexity index is 941. The number of carbonyl (C=O) groups excluding carboxylic acids is 1. The minimum atomic E-state index is -3.88. The highest BCUT2D eigenvalue weighted by molar-refractivity contribution is 7.89. The lowest BCUT2D eigenvalue weighted by molar-refractivity contribution is 0.0600. The number of piperazine rings is 1. The predicted molar refractivity (Wildman–Crippen MR) is 97.0 cm³/mol. The molecule has 1 aliphatic heterocycles. The number of aromatic nitrogens is 2. The lowest BCUT2D eigenvalue weighted by Gasteiger charge is -2.34. The highest BCUT2D eigenvalue weighted by atomic mass is 32.2. The first-order valence-electron chi connectivity index (χ1n) is 8.36. The number of aryl methyl sites for hydroxylation is 1. The van der Waals surface area contributed by atoms with Crippen LogP contribution in [0.2, 0.25) is 0 Å². The van der Waals surface area contributed by atoms with Gasteiger partial charge in [-0.1, -0.05) is 0 Å². The number of hydrogen-bond acceptors (Lipinski definition) is 7. The van der Waals surface area contributed by atoms with Gasteiger partial charge in [-0.05, 0) is 18.2 Å². The maximum atomic E-state index is 13.4. The average molecular weight is 394 g/mol. The van der Waals surface area contributed by atoms with E-state index >= 15 is 0 Å². The summed E-state index contributed by atoms with van der Waals surface area (Å²) in [6.45, 7) is 1.27. The molecule has 1 unspecified atom stereocenters. The quantitative estimate of drug-likeness (QED) is 0.739. The van der Waals surface area contributed by atoms with E-state index in [0.717, 1.165) is 0 Å². The summed E-state index contributed by atoms with van der Waals surface area (Å²) < 4.78 is 40.0. The molecule has 0 amide bonds. The summed E-state index contributed by atoms with van der Waals surface area (Å²) in [5.74, 6) is 0.177. The molecule has 3 rings (SSSR count). The summed E-state index contributed by atoms with van der Waals surface area (Å²) >= 11 is 0. The zero-order valence-electron chi connectivity index (χ0n) is 15.4. The third-order valence-corrected chi connectivity index (χ3v) is 6.47. The second-order valence-electron chi connectivity index (χ2n) is 6.09. The summed E-state index contributed by atoms with van der Waals surface area (Å²) in [5, 5.41) is 3.21. The summed E-state index contributed by atoms with van der Waals surface area (Å²) in [6.07, 6.45) is 3.42. The third kappa shape index (κ3) is 3.55. The van der Waals surface area contributed by atoms with Crippen molar-refractivity contribution in [1.82, 2.24) is 19.2 Å². The molecular formula is C17H22N4O5S. The van der Waals surface area contributed by atoms with Gasteiger partial charge in [0, 0.05) is 39.1 Å². The van der Waals surface area contributed by atoms with Crippen LogP contribution in [0.15, 0.2) is 35.5 Å². The lowest BCUT2D eigenvalue weighted by atomic mass is 10.2. The number of rotatable bonds is 5. The first kappa shape index (κ1) is 19.3. The van der Waals surface area contributed by atoms with Crippen LogP contribution in [0.1, 0.15) is 22.2 Å². The van der Waals surface area contributed by atoms with Crippen LogP contribution in [0.4, 0.5) is 0 Å². The largest absolute Gasteiger partial charge is 0.495 e. The van der Waals surface area contributed by atoms with Crippen molar-refractivity contribution in [3.63, 3.8) is 0 Å². The van der Waals surface area contributed by atoms with Gasteiger partial charge >= 0.3 is 5.97 Å². The standard InChI is InChI=1S/C17H22N4O5S/c1-20-8-7-19-16(20)13-11-18-6-9-21(13)27(23,24)15-5-4-12(17(22)26-3)10-14(15)25-2/h4-5,7-8,10,13,18H,6,9,11H2,1-3H3. The SMILES string of the molecule is COC(=O)c1ccc(S(=O)(=O)N2CCNCC2c2nccn2C)c(OC)c1. The van der Waals surface area contributed by atoms with Crippen molar-refractivity contribution in [1.29, 1.82) is 0 Å². The van der Waals surface area contributed by atoms with Crippen LogP contribution < -0.4 is 10.1 Å². The third-order valence-electron chi connectivity index (χ3n) is 4.52. The molecule has 2 heterocycles. The second kappa shape index (κ2) is 7.67. The summed E-state index contributed by atoms with van der Waals surface area (Å²) in [6, 6.07) is 3.71. The predicted octanol–water partition coefficient (Wildman–Crippen LogP) is 0.551. The normalized spacial score (nSPS) is 18.3. The van der Waals surface area contributed by atoms with Crippen molar-refractivity contribution < 1.29 is 22.7 Å². The van der Waals surface area contributed by atoms with Gasteiger partial charge in [-0.2, -0.15) is 4.31 Å². The molecule has 1 N–H and O–H groups in total. The Morgan fingerprint density at radius 3 is 2.74 bits per heavy atom. The number of esters is 1. The average Bonchev–Trinajstić information content (AvgIpc) is 3.12. The fourth-order valence-electron chi connectivity index (χ4n) is 3.14. The molecule has 1 atom stereocenters. The number of carbonyl (C=O) groups is 1. The Balaban J connectivity index is 2.04. The van der Waals surface area contributed by atoms with Crippen LogP contribution in [-0.2, 0) is 21.8 Å². The number of hydrogen-bond donors (Lipinski definition) is 1. The monoisotopic (exact) mass is 394 g/mol. The van der Waals surface area contributed by atoms with Crippen molar-refractivity contribution in [2.75, 3.05) is 33.9 Å². The summed E-state index contributed by atoms with van der Waals surface area (Å²) in [7, 11) is 0.570. The van der Waals surface area contributed by atoms with Crippen LogP contribution in [0.25, 0.3) is 0 Å². The first-order chi connectivity index (χ1) is 12.9. The van der Waals surface area contributed by atoms with Crippen LogP contribution in [0.3, 0.4) is 0 Å². The summed E-state index contributed by atoms with van der Waals surface area (Å²) in [5.41, 5.74) is 0.217. The van der Waals surface area contributed by atoms with E-state index in [-0.39, 0.29) is 16.2 Å². The van der Waals surface area contributed by atoms with Gasteiger partial charge in [0.25, 0.3) is 0 Å². The molecule has 0 aliphatic carbocycles. The Hall–Kier alpha value is -2.43. The van der Waals surface area contributed by atoms with Gasteiger partial charge in [0.15, 0.2) is 0 Å². The molecule has 1 fully saturated rings. The lowest BCUT2D eigenvalue weighted by Crippen LogP contribution is -2.49. The Labute approximate surface area is 158 Å². The van der Waals surface area contributed by atoms with Crippen molar-refractivity contribution >= 4 is 16.0 Å². The Morgan fingerprint density at radius 1 is 1.33 bits per heavy atom. The van der Waals surface area contributed by atoms with Crippen LogP contribution in [-0.4, -0.2) is 62.1 Å². The molecule has 1 aromatic heterocycles. The maximum absolute atomic E-state index is 13.4. The van der Waals surface area contributed by atoms with Gasteiger partial charge in [0.05, 0.1) is 25.8 Å². The molecule has 0 radical (unpaired) electrons. The van der Waals surface area contributed by atoms with Gasteiger partial charge in [-0.3, -0.25) is 0 Å². The van der Waals surface area contributed by atoms with Gasteiger partial charge in [0.2, 0.25) is 10.0 Å². The van der Waals surface area contributed by atoms with Crippen LogP contribution in [0, 0.1) is 0 Å². The van der Waals surface area contributed by atoms with E-state index < -0.39 is 22.0 Å². The number of imidazole rings is 1. The maximum Gasteiger partial charge on any atom is 0.337 e. The molecule has 146 valence electrons. The number of benzene rings is 1. The van der Waals surface area contributed by atoms with Crippen LogP contribution in [0.5, 0.6) is 5.75 Å². The van der Waals surface area contributed by atoms with Gasteiger partial charge in [-0.15, -0.1) is 0 Å². The highest BCUT2D eigenvalue weighted by Crippen LogP contribution is 2.33. The fourth-order valence-corrected chi connectivity index (χ4v) is 4.87. The number of methoxy groups -OCH3 is 2. The molecule has 1 aliphatic rings. The Morgan fingerprint density at radius 2 is 2.11 bits per heavy atom. The van der Waals surface area contributed by atoms with Crippen molar-refractivity contribution in [2.45, 2.75) is 10.9 Å². The molecule has 0 saturated carbocycles. The molecule has 0 bridgehead atoms. The van der Waals surface area contributed by atoms with Gasteiger partial charge < -0.3 is 19.4 Å². The first-order valence-corrected chi connectivity index (χ1v) is 9.80. The summed E-state index contributed by atoms with van der Waals surface area (Å²) in [4.78, 5) is 16.0. The molecule has 1 aromatic carbocycles. The minimum absolute atomic E-state index is 0.00115. The van der Waals surface area contributed by atoms with E-state index in [4.69, 9.17) is 4.74 Å². The number of nitrogens with zero attached hydrogens (tertiary/aromatic N) is 3. The van der Waals surface area contributed by atoms with E-state index in [1.807, 2.05) is 7.05 Å². The molecular weight excluding hydrogens is 372 g/mol. The zero-order chi connectivity index (χ0) is 19.6. The second-order valence-corrected chi connectivity index (χ2v) is 7.95. The Kier molecular flexibility index (Phi) is 5.49. The molecule has 9 nitrogen and oxygen atoms in total. The molecule has 2 aromatic rings. The number of nitrogens with one attached hydrogen (secondary N) is 1. The topological polar surface area (TPSA) is 103 Å². The molecule has 10 heteroatoms. The van der Waals surface area contributed by atoms with E-state index in [2.05, 4.69) is 15.0 Å². The van der Waals surface area contributed by atoms with Crippen molar-refractivity contribution in [2.24, 2.45) is 7.05 Å². The minimum Gasteiger partial charge on any atom is -0.495 e. The van der Waals surface area contributed by atoms with E-state index in [1.54, 1.807) is 17.0 Å². The van der Waals surface area contributed by atoms with E-state index in [9.17, 15) is 13.2 Å². The molecule has 1 saturated heterocycles. The van der Waals surface area contributed by atoms with Crippen molar-refractivity contribution in [3.8, 4) is 5.75 Å². The molecule has 27 heavy (non-hydrogen) atoms. The van der Waals surface area contributed by atoms with E-state index in [1.165, 1.54) is 36.7 Å². The van der Waals surface area contributed by atoms with E-state index in [0.29, 0.717) is 25.5 Å². The number of ether oxygens (including phenoxy) is 2. The van der Waals surface area contributed by atoms with Crippen LogP contribution >= 0.6 is 0 Å². The molecule has 0 spiro atoms. The fraction of sp³-hybridized carbons (Fsp3) is 0.412.